The number of halogens is 1. The van der Waals surface area contributed by atoms with Crippen LogP contribution < -0.4 is 10.6 Å². The Morgan fingerprint density at radius 1 is 1.26 bits per heavy atom. The van der Waals surface area contributed by atoms with E-state index < -0.39 is 0 Å². The van der Waals surface area contributed by atoms with Crippen molar-refractivity contribution in [1.29, 1.82) is 0 Å². The predicted octanol–water partition coefficient (Wildman–Crippen LogP) is 3.11. The van der Waals surface area contributed by atoms with Gasteiger partial charge in [-0.1, -0.05) is 29.8 Å². The van der Waals surface area contributed by atoms with E-state index in [-0.39, 0.29) is 5.91 Å². The van der Waals surface area contributed by atoms with Crippen LogP contribution in [0.15, 0.2) is 42.6 Å². The number of pyridine rings is 1. The number of nitrogens with zero attached hydrogens (tertiary/aromatic N) is 1. The van der Waals surface area contributed by atoms with Crippen LogP contribution in [-0.4, -0.2) is 31.2 Å². The molecule has 122 valence electrons. The number of hydrogen-bond acceptors (Lipinski definition) is 4. The summed E-state index contributed by atoms with van der Waals surface area (Å²) >= 11 is 6.11. The molecular weight excluding hydrogens is 314 g/mol. The van der Waals surface area contributed by atoms with E-state index >= 15 is 0 Å². The van der Waals surface area contributed by atoms with Gasteiger partial charge >= 0.3 is 0 Å². The Hall–Kier alpha value is -2.11. The van der Waals surface area contributed by atoms with Gasteiger partial charge in [0.25, 0.3) is 5.91 Å². The number of amides is 1. The molecule has 0 radical (unpaired) electrons. The van der Waals surface area contributed by atoms with Crippen LogP contribution in [-0.2, 0) is 11.3 Å². The van der Waals surface area contributed by atoms with E-state index in [0.717, 1.165) is 22.7 Å². The van der Waals surface area contributed by atoms with Crippen molar-refractivity contribution in [2.75, 3.05) is 25.6 Å². The Morgan fingerprint density at radius 3 is 2.78 bits per heavy atom. The molecule has 23 heavy (non-hydrogen) atoms. The molecule has 0 aliphatic rings. The van der Waals surface area contributed by atoms with E-state index in [0.29, 0.717) is 25.4 Å². The molecule has 1 amide bonds. The first-order valence-electron chi connectivity index (χ1n) is 7.41. The van der Waals surface area contributed by atoms with Crippen molar-refractivity contribution < 1.29 is 9.53 Å². The molecule has 0 aliphatic heterocycles. The number of carbonyl (C=O) groups excluding carboxylic acids is 1. The third kappa shape index (κ3) is 5.54. The Labute approximate surface area is 141 Å². The number of carbonyl (C=O) groups is 1. The molecule has 2 N–H and O–H groups in total. The molecule has 0 atom stereocenters. The first kappa shape index (κ1) is 17.2. The molecule has 6 heteroatoms. The highest BCUT2D eigenvalue weighted by Gasteiger charge is 2.06. The molecule has 1 heterocycles. The topological polar surface area (TPSA) is 63.2 Å². The zero-order valence-electron chi connectivity index (χ0n) is 13.0. The molecule has 1 aromatic heterocycles. The summed E-state index contributed by atoms with van der Waals surface area (Å²) in [5.41, 5.74) is 2.24. The normalized spacial score (nSPS) is 10.3. The minimum atomic E-state index is -0.182. The van der Waals surface area contributed by atoms with Crippen molar-refractivity contribution >= 4 is 23.2 Å². The summed E-state index contributed by atoms with van der Waals surface area (Å²) in [5.74, 6) is -0.182. The third-order valence-corrected chi connectivity index (χ3v) is 3.62. The van der Waals surface area contributed by atoms with Crippen LogP contribution in [0, 0.1) is 0 Å². The van der Waals surface area contributed by atoms with Gasteiger partial charge in [0.2, 0.25) is 0 Å². The van der Waals surface area contributed by atoms with Crippen LogP contribution in [0.4, 0.5) is 5.69 Å². The number of anilines is 1. The molecule has 2 rings (SSSR count). The van der Waals surface area contributed by atoms with Gasteiger partial charge in [-0.15, -0.1) is 0 Å². The summed E-state index contributed by atoms with van der Waals surface area (Å²) in [7, 11) is 1.64. The van der Waals surface area contributed by atoms with Crippen molar-refractivity contribution in [1.82, 2.24) is 10.3 Å². The van der Waals surface area contributed by atoms with Crippen molar-refractivity contribution in [2.45, 2.75) is 13.0 Å². The van der Waals surface area contributed by atoms with Gasteiger partial charge in [0.1, 0.15) is 5.69 Å². The summed E-state index contributed by atoms with van der Waals surface area (Å²) in [6.07, 6.45) is 2.42. The van der Waals surface area contributed by atoms with Crippen molar-refractivity contribution in [2.24, 2.45) is 0 Å². The van der Waals surface area contributed by atoms with Gasteiger partial charge in [-0.25, -0.2) is 4.98 Å². The number of hydrogen-bond donors (Lipinski definition) is 2. The molecule has 0 aliphatic carbocycles. The Bertz CT molecular complexity index is 632. The Balaban J connectivity index is 1.84. The van der Waals surface area contributed by atoms with Crippen LogP contribution in [0.3, 0.4) is 0 Å². The van der Waals surface area contributed by atoms with E-state index in [2.05, 4.69) is 15.6 Å². The molecule has 0 saturated heterocycles. The maximum atomic E-state index is 11.9. The number of nitrogens with one attached hydrogen (secondary N) is 2. The van der Waals surface area contributed by atoms with Gasteiger partial charge in [-0.05, 0) is 30.2 Å². The maximum absolute atomic E-state index is 11.9. The number of rotatable bonds is 8. The minimum Gasteiger partial charge on any atom is -0.385 e. The zero-order chi connectivity index (χ0) is 16.5. The number of benzene rings is 1. The maximum Gasteiger partial charge on any atom is 0.269 e. The number of aromatic nitrogens is 1. The van der Waals surface area contributed by atoms with Gasteiger partial charge < -0.3 is 15.4 Å². The smallest absolute Gasteiger partial charge is 0.269 e. The molecule has 0 bridgehead atoms. The predicted molar refractivity (Wildman–Crippen MR) is 91.8 cm³/mol. The monoisotopic (exact) mass is 333 g/mol. The van der Waals surface area contributed by atoms with E-state index in [1.165, 1.54) is 0 Å². The molecule has 1 aromatic carbocycles. The molecule has 0 saturated carbocycles. The van der Waals surface area contributed by atoms with Crippen molar-refractivity contribution in [3.63, 3.8) is 0 Å². The van der Waals surface area contributed by atoms with Crippen LogP contribution in [0.5, 0.6) is 0 Å². The van der Waals surface area contributed by atoms with Crippen LogP contribution >= 0.6 is 11.6 Å². The molecular formula is C17H20ClN3O2. The molecule has 5 nitrogen and oxygen atoms in total. The second kappa shape index (κ2) is 9.12. The summed E-state index contributed by atoms with van der Waals surface area (Å²) < 4.78 is 4.93. The highest BCUT2D eigenvalue weighted by molar-refractivity contribution is 6.31. The van der Waals surface area contributed by atoms with Crippen LogP contribution in [0.2, 0.25) is 5.02 Å². The van der Waals surface area contributed by atoms with Crippen LogP contribution in [0.1, 0.15) is 22.5 Å². The Morgan fingerprint density at radius 2 is 2.09 bits per heavy atom. The standard InChI is InChI=1S/C17H20ClN3O2/c1-23-10-4-9-19-17(22)16-8-7-14(12-21-16)20-11-13-5-2-3-6-15(13)18/h2-3,5-8,12,20H,4,9-11H2,1H3,(H,19,22). The lowest BCUT2D eigenvalue weighted by molar-refractivity contribution is 0.0943. The van der Waals surface area contributed by atoms with Gasteiger partial charge in [0.05, 0.1) is 11.9 Å². The van der Waals surface area contributed by atoms with Gasteiger partial charge in [0, 0.05) is 31.8 Å². The van der Waals surface area contributed by atoms with Gasteiger partial charge in [0.15, 0.2) is 0 Å². The zero-order valence-corrected chi connectivity index (χ0v) is 13.8. The average molecular weight is 334 g/mol. The van der Waals surface area contributed by atoms with E-state index in [9.17, 15) is 4.79 Å². The summed E-state index contributed by atoms with van der Waals surface area (Å²) in [6.45, 7) is 1.80. The molecule has 0 fully saturated rings. The third-order valence-electron chi connectivity index (χ3n) is 3.25. The first-order chi connectivity index (χ1) is 11.2. The second-order valence-corrected chi connectivity index (χ2v) is 5.39. The molecule has 2 aromatic rings. The summed E-state index contributed by atoms with van der Waals surface area (Å²) in [5, 5.41) is 6.75. The number of ether oxygens (including phenoxy) is 1. The second-order valence-electron chi connectivity index (χ2n) is 4.98. The van der Waals surface area contributed by atoms with E-state index in [1.54, 1.807) is 19.4 Å². The van der Waals surface area contributed by atoms with Gasteiger partial charge in [-0.3, -0.25) is 4.79 Å². The molecule has 0 unspecified atom stereocenters. The Kier molecular flexibility index (Phi) is 6.84. The fourth-order valence-electron chi connectivity index (χ4n) is 1.98. The van der Waals surface area contributed by atoms with Crippen molar-refractivity contribution in [3.05, 3.63) is 58.9 Å². The largest absolute Gasteiger partial charge is 0.385 e. The van der Waals surface area contributed by atoms with Gasteiger partial charge in [-0.2, -0.15) is 0 Å². The highest BCUT2D eigenvalue weighted by atomic mass is 35.5. The minimum absolute atomic E-state index is 0.182. The summed E-state index contributed by atoms with van der Waals surface area (Å²) in [6, 6.07) is 11.2. The first-order valence-corrected chi connectivity index (χ1v) is 7.79. The highest BCUT2D eigenvalue weighted by Crippen LogP contribution is 2.16. The van der Waals surface area contributed by atoms with Crippen molar-refractivity contribution in [3.8, 4) is 0 Å². The van der Waals surface area contributed by atoms with Crippen LogP contribution in [0.25, 0.3) is 0 Å². The molecule has 0 spiro atoms. The van der Waals surface area contributed by atoms with E-state index in [4.69, 9.17) is 16.3 Å². The lowest BCUT2D eigenvalue weighted by Gasteiger charge is -2.08. The quantitative estimate of drug-likeness (QED) is 0.729. The number of methoxy groups -OCH3 is 1. The van der Waals surface area contributed by atoms with E-state index in [1.807, 2.05) is 30.3 Å². The fraction of sp³-hybridized carbons (Fsp3) is 0.294. The lowest BCUT2D eigenvalue weighted by Crippen LogP contribution is -2.26. The average Bonchev–Trinajstić information content (AvgIpc) is 2.58. The summed E-state index contributed by atoms with van der Waals surface area (Å²) in [4.78, 5) is 16.1. The SMILES string of the molecule is COCCCNC(=O)c1ccc(NCc2ccccc2Cl)cn1. The lowest BCUT2D eigenvalue weighted by atomic mass is 10.2. The fourth-order valence-corrected chi connectivity index (χ4v) is 2.18.